The van der Waals surface area contributed by atoms with E-state index in [1.807, 2.05) is 27.9 Å². The van der Waals surface area contributed by atoms with Gasteiger partial charge in [0.2, 0.25) is 0 Å². The lowest BCUT2D eigenvalue weighted by atomic mass is 9.95. The first-order valence-electron chi connectivity index (χ1n) is 11.1. The van der Waals surface area contributed by atoms with Crippen molar-refractivity contribution in [2.45, 2.75) is 31.3 Å². The summed E-state index contributed by atoms with van der Waals surface area (Å²) >= 11 is 0. The molecule has 1 saturated heterocycles. The van der Waals surface area contributed by atoms with Gasteiger partial charge in [-0.25, -0.2) is 12.8 Å². The summed E-state index contributed by atoms with van der Waals surface area (Å²) in [6.07, 6.45) is 4.01. The fourth-order valence-corrected chi connectivity index (χ4v) is 5.56. The van der Waals surface area contributed by atoms with E-state index in [2.05, 4.69) is 25.1 Å². The molecule has 1 aliphatic heterocycles. The zero-order chi connectivity index (χ0) is 24.5. The van der Waals surface area contributed by atoms with Crippen LogP contribution in [0.4, 0.5) is 4.39 Å². The summed E-state index contributed by atoms with van der Waals surface area (Å²) in [5.41, 5.74) is 1.85. The molecule has 1 aliphatic rings. The summed E-state index contributed by atoms with van der Waals surface area (Å²) < 4.78 is 48.1. The standard InChI is InChI=1S/C23H29FN6O3S/c1-15(2)19-11-18(24)12-20(17-5-8-25-9-6-17)21(19)33-22-26-23(28-27-22)34(31,32)30-10-7-16(14-30)13-29(3)4/h5-6,8-9,11-12,15-16H,7,10,13-14H2,1-4H3,(H,26,27,28). The largest absolute Gasteiger partial charge is 0.424 e. The third-order valence-electron chi connectivity index (χ3n) is 5.80. The van der Waals surface area contributed by atoms with Gasteiger partial charge in [0, 0.05) is 43.2 Å². The maximum atomic E-state index is 14.4. The Kier molecular flexibility index (Phi) is 6.96. The van der Waals surface area contributed by atoms with Gasteiger partial charge in [-0.15, -0.1) is 5.10 Å². The molecule has 4 rings (SSSR count). The highest BCUT2D eigenvalue weighted by molar-refractivity contribution is 7.89. The number of rotatable bonds is 8. The topological polar surface area (TPSA) is 104 Å². The molecule has 0 spiro atoms. The molecule has 0 aliphatic carbocycles. The van der Waals surface area contributed by atoms with Crippen molar-refractivity contribution in [3.05, 3.63) is 48.0 Å². The number of H-pyrrole nitrogens is 1. The Morgan fingerprint density at radius 3 is 2.65 bits per heavy atom. The molecule has 11 heteroatoms. The van der Waals surface area contributed by atoms with Crippen molar-refractivity contribution >= 4 is 10.0 Å². The lowest BCUT2D eigenvalue weighted by molar-refractivity contribution is 0.329. The maximum absolute atomic E-state index is 14.4. The summed E-state index contributed by atoms with van der Waals surface area (Å²) in [4.78, 5) is 8.77. The highest BCUT2D eigenvalue weighted by Crippen LogP contribution is 2.39. The van der Waals surface area contributed by atoms with Crippen LogP contribution in [0.25, 0.3) is 11.1 Å². The molecule has 3 heterocycles. The Labute approximate surface area is 199 Å². The minimum absolute atomic E-state index is 0.0596. The maximum Gasteiger partial charge on any atom is 0.320 e. The van der Waals surface area contributed by atoms with Crippen molar-refractivity contribution < 1.29 is 17.5 Å². The minimum Gasteiger partial charge on any atom is -0.424 e. The Morgan fingerprint density at radius 2 is 1.97 bits per heavy atom. The van der Waals surface area contributed by atoms with E-state index in [-0.39, 0.29) is 23.0 Å². The average molecular weight is 489 g/mol. The Bertz CT molecular complexity index is 1250. The van der Waals surface area contributed by atoms with Crippen LogP contribution >= 0.6 is 0 Å². The number of hydrogen-bond donors (Lipinski definition) is 1. The molecule has 1 atom stereocenters. The van der Waals surface area contributed by atoms with Gasteiger partial charge in [0.1, 0.15) is 11.6 Å². The summed E-state index contributed by atoms with van der Waals surface area (Å²) in [7, 11) is 0.104. The molecule has 0 bridgehead atoms. The first-order valence-corrected chi connectivity index (χ1v) is 12.6. The molecular weight excluding hydrogens is 459 g/mol. The van der Waals surface area contributed by atoms with E-state index in [0.717, 1.165) is 13.0 Å². The smallest absolute Gasteiger partial charge is 0.320 e. The van der Waals surface area contributed by atoms with Crippen LogP contribution in [0.15, 0.2) is 41.8 Å². The molecule has 3 aromatic rings. The van der Waals surface area contributed by atoms with Gasteiger partial charge in [-0.05, 0) is 62.2 Å². The van der Waals surface area contributed by atoms with E-state index in [0.29, 0.717) is 35.5 Å². The van der Waals surface area contributed by atoms with E-state index >= 15 is 0 Å². The van der Waals surface area contributed by atoms with Crippen molar-refractivity contribution in [2.24, 2.45) is 5.92 Å². The summed E-state index contributed by atoms with van der Waals surface area (Å²) in [5, 5.41) is 7.51. The molecule has 0 amide bonds. The molecular formula is C23H29FN6O3S. The molecule has 1 N–H and O–H groups in total. The number of hydrogen-bond acceptors (Lipinski definition) is 7. The minimum atomic E-state index is -3.84. The van der Waals surface area contributed by atoms with Gasteiger partial charge in [-0.3, -0.25) is 9.97 Å². The van der Waals surface area contributed by atoms with E-state index in [9.17, 15) is 12.8 Å². The third kappa shape index (κ3) is 5.11. The van der Waals surface area contributed by atoms with Crippen molar-refractivity contribution in [3.63, 3.8) is 0 Å². The first-order chi connectivity index (χ1) is 16.1. The second-order valence-electron chi connectivity index (χ2n) is 9.08. The SMILES string of the molecule is CC(C)c1cc(F)cc(-c2ccncc2)c1Oc1nnc(S(=O)(=O)N2CCC(CN(C)C)C2)[nH]1. The van der Waals surface area contributed by atoms with Gasteiger partial charge in [-0.2, -0.15) is 4.31 Å². The number of pyridine rings is 1. The fourth-order valence-electron chi connectivity index (χ4n) is 4.20. The zero-order valence-electron chi connectivity index (χ0n) is 19.7. The lowest BCUT2D eigenvalue weighted by Gasteiger charge is -2.17. The second kappa shape index (κ2) is 9.77. The fraction of sp³-hybridized carbons (Fsp3) is 0.435. The van der Waals surface area contributed by atoms with Crippen LogP contribution in [0.3, 0.4) is 0 Å². The van der Waals surface area contributed by atoms with Crippen LogP contribution < -0.4 is 4.74 Å². The number of halogens is 1. The number of ether oxygens (including phenoxy) is 1. The second-order valence-corrected chi connectivity index (χ2v) is 10.9. The van der Waals surface area contributed by atoms with E-state index in [4.69, 9.17) is 4.74 Å². The van der Waals surface area contributed by atoms with E-state index in [1.54, 1.807) is 24.5 Å². The Hall–Kier alpha value is -2.89. The van der Waals surface area contributed by atoms with Crippen molar-refractivity contribution in [3.8, 4) is 22.9 Å². The number of benzene rings is 1. The normalized spacial score (nSPS) is 17.1. The Morgan fingerprint density at radius 1 is 1.24 bits per heavy atom. The third-order valence-corrected chi connectivity index (χ3v) is 7.48. The average Bonchev–Trinajstić information content (AvgIpc) is 3.45. The van der Waals surface area contributed by atoms with Crippen LogP contribution in [0, 0.1) is 11.7 Å². The molecule has 1 aromatic carbocycles. The van der Waals surface area contributed by atoms with Gasteiger partial charge in [-0.1, -0.05) is 18.9 Å². The number of aromatic amines is 1. The van der Waals surface area contributed by atoms with Crippen LogP contribution in [0.2, 0.25) is 0 Å². The van der Waals surface area contributed by atoms with Crippen LogP contribution in [-0.4, -0.2) is 71.5 Å². The molecule has 9 nitrogen and oxygen atoms in total. The van der Waals surface area contributed by atoms with Crippen molar-refractivity contribution in [1.82, 2.24) is 29.4 Å². The summed E-state index contributed by atoms with van der Waals surface area (Å²) in [6, 6.07) is 6.21. The number of nitrogens with one attached hydrogen (secondary N) is 1. The predicted octanol–water partition coefficient (Wildman–Crippen LogP) is 3.49. The Balaban J connectivity index is 1.64. The van der Waals surface area contributed by atoms with Gasteiger partial charge in [0.25, 0.3) is 15.2 Å². The summed E-state index contributed by atoms with van der Waals surface area (Å²) in [6.45, 7) is 5.52. The molecule has 0 radical (unpaired) electrons. The quantitative estimate of drug-likeness (QED) is 0.518. The molecule has 2 aromatic heterocycles. The highest BCUT2D eigenvalue weighted by Gasteiger charge is 2.35. The van der Waals surface area contributed by atoms with E-state index < -0.39 is 15.8 Å². The van der Waals surface area contributed by atoms with Crippen molar-refractivity contribution in [1.29, 1.82) is 0 Å². The van der Waals surface area contributed by atoms with Gasteiger partial charge < -0.3 is 9.64 Å². The number of sulfonamides is 1. The molecule has 1 unspecified atom stereocenters. The molecule has 34 heavy (non-hydrogen) atoms. The van der Waals surface area contributed by atoms with Gasteiger partial charge in [0.15, 0.2) is 0 Å². The van der Waals surface area contributed by atoms with Gasteiger partial charge >= 0.3 is 6.01 Å². The monoisotopic (exact) mass is 488 g/mol. The molecule has 1 fully saturated rings. The highest BCUT2D eigenvalue weighted by atomic mass is 32.2. The van der Waals surface area contributed by atoms with Crippen LogP contribution in [0.1, 0.15) is 31.7 Å². The van der Waals surface area contributed by atoms with Crippen LogP contribution in [-0.2, 0) is 10.0 Å². The van der Waals surface area contributed by atoms with Crippen molar-refractivity contribution in [2.75, 3.05) is 33.7 Å². The number of nitrogens with zero attached hydrogens (tertiary/aromatic N) is 5. The molecule has 0 saturated carbocycles. The zero-order valence-corrected chi connectivity index (χ0v) is 20.5. The predicted molar refractivity (Wildman–Crippen MR) is 126 cm³/mol. The number of aromatic nitrogens is 4. The van der Waals surface area contributed by atoms with E-state index in [1.165, 1.54) is 16.4 Å². The van der Waals surface area contributed by atoms with Crippen LogP contribution in [0.5, 0.6) is 11.8 Å². The summed E-state index contributed by atoms with van der Waals surface area (Å²) in [5.74, 6) is 0.190. The molecule has 182 valence electrons. The first kappa shape index (κ1) is 24.2. The van der Waals surface area contributed by atoms with Gasteiger partial charge in [0.05, 0.1) is 0 Å². The lowest BCUT2D eigenvalue weighted by Crippen LogP contribution is -2.31.